The van der Waals surface area contributed by atoms with Gasteiger partial charge in [-0.25, -0.2) is 18.1 Å². The molecule has 0 unspecified atom stereocenters. The lowest BCUT2D eigenvalue weighted by atomic mass is 9.98. The van der Waals surface area contributed by atoms with E-state index in [9.17, 15) is 8.42 Å². The van der Waals surface area contributed by atoms with Gasteiger partial charge in [0, 0.05) is 10.7 Å². The Labute approximate surface area is 123 Å². The fourth-order valence-corrected chi connectivity index (χ4v) is 4.14. The molecule has 1 heterocycles. The van der Waals surface area contributed by atoms with Crippen molar-refractivity contribution in [2.75, 3.05) is 0 Å². The molecule has 0 amide bonds. The molecule has 0 N–H and O–H groups in total. The van der Waals surface area contributed by atoms with Crippen molar-refractivity contribution in [3.05, 3.63) is 34.4 Å². The number of halogens is 1. The second-order valence-corrected chi connectivity index (χ2v) is 7.35. The molecule has 0 bridgehead atoms. The second-order valence-electron chi connectivity index (χ2n) is 4.85. The minimum Gasteiger partial charge on any atom is -0.220 e. The average Bonchev–Trinajstić information content (AvgIpc) is 2.71. The van der Waals surface area contributed by atoms with E-state index < -0.39 is 9.05 Å². The summed E-state index contributed by atoms with van der Waals surface area (Å²) in [7, 11) is 1.77. The van der Waals surface area contributed by atoms with Crippen LogP contribution in [0.3, 0.4) is 0 Å². The number of hydrogen-bond acceptors (Lipinski definition) is 4. The van der Waals surface area contributed by atoms with Gasteiger partial charge in [-0.2, -0.15) is 5.10 Å². The minimum atomic E-state index is -3.82. The van der Waals surface area contributed by atoms with Crippen LogP contribution in [0.15, 0.2) is 11.2 Å². The van der Waals surface area contributed by atoms with E-state index in [1.165, 1.54) is 0 Å². The van der Waals surface area contributed by atoms with Gasteiger partial charge >= 0.3 is 0 Å². The first-order valence-electron chi connectivity index (χ1n) is 6.08. The molecule has 1 aromatic heterocycles. The summed E-state index contributed by atoms with van der Waals surface area (Å²) in [5, 5.41) is 4.26. The van der Waals surface area contributed by atoms with E-state index >= 15 is 0 Å². The van der Waals surface area contributed by atoms with Gasteiger partial charge in [0.05, 0.1) is 10.6 Å². The quantitative estimate of drug-likeness (QED) is 0.800. The summed E-state index contributed by atoms with van der Waals surface area (Å²) >= 11 is 0. The molecule has 0 saturated heterocycles. The molecule has 1 aromatic carbocycles. The maximum Gasteiger partial charge on any atom is 0.261 e. The van der Waals surface area contributed by atoms with Gasteiger partial charge in [-0.15, -0.1) is 0 Å². The van der Waals surface area contributed by atoms with Crippen molar-refractivity contribution >= 4 is 19.7 Å². The van der Waals surface area contributed by atoms with Crippen LogP contribution in [0.5, 0.6) is 0 Å². The fraction of sp³-hybridized carbons (Fsp3) is 0.385. The second kappa shape index (κ2) is 4.86. The van der Waals surface area contributed by atoms with Gasteiger partial charge < -0.3 is 0 Å². The van der Waals surface area contributed by atoms with Gasteiger partial charge in [-0.05, 0) is 56.9 Å². The number of rotatable bonds is 2. The summed E-state index contributed by atoms with van der Waals surface area (Å²) in [6, 6.07) is 0. The van der Waals surface area contributed by atoms with E-state index in [1.54, 1.807) is 31.8 Å². The third-order valence-electron chi connectivity index (χ3n) is 3.60. The van der Waals surface area contributed by atoms with Gasteiger partial charge in [0.15, 0.2) is 0 Å². The lowest BCUT2D eigenvalue weighted by molar-refractivity contribution is 0.608. The Balaban J connectivity index is 2.93. The summed E-state index contributed by atoms with van der Waals surface area (Å²) in [4.78, 5) is 4.25. The highest BCUT2D eigenvalue weighted by Gasteiger charge is 2.24. The summed E-state index contributed by atoms with van der Waals surface area (Å²) in [6.07, 6.45) is 1.57. The maximum atomic E-state index is 11.8. The Morgan fingerprint density at radius 1 is 1.00 bits per heavy atom. The number of hydrogen-bond donors (Lipinski definition) is 0. The first kappa shape index (κ1) is 15.0. The highest BCUT2D eigenvalue weighted by Crippen LogP contribution is 2.33. The third kappa shape index (κ3) is 2.33. The lowest BCUT2D eigenvalue weighted by Gasteiger charge is -2.18. The summed E-state index contributed by atoms with van der Waals surface area (Å²) in [5.74, 6) is 0.623. The summed E-state index contributed by atoms with van der Waals surface area (Å²) in [6.45, 7) is 9.10. The molecule has 0 radical (unpaired) electrons. The molecule has 0 aliphatic rings. The molecule has 5 nitrogen and oxygen atoms in total. The molecule has 20 heavy (non-hydrogen) atoms. The first-order chi connectivity index (χ1) is 9.14. The van der Waals surface area contributed by atoms with Crippen molar-refractivity contribution in [1.82, 2.24) is 14.8 Å². The van der Waals surface area contributed by atoms with Crippen molar-refractivity contribution in [2.45, 2.75) is 39.5 Å². The van der Waals surface area contributed by atoms with Crippen LogP contribution in [-0.2, 0) is 9.05 Å². The fourth-order valence-electron chi connectivity index (χ4n) is 2.46. The standard InChI is InChI=1S/C13H16ClN3O2S/c1-7-8(2)12(17-6-15-11(5)16-17)10(4)13(9(7)3)20(14,18)19/h6H,1-5H3. The van der Waals surface area contributed by atoms with E-state index in [4.69, 9.17) is 10.7 Å². The topological polar surface area (TPSA) is 64.8 Å². The van der Waals surface area contributed by atoms with Gasteiger partial charge in [0.1, 0.15) is 12.2 Å². The maximum absolute atomic E-state index is 11.8. The van der Waals surface area contributed by atoms with Crippen LogP contribution >= 0.6 is 10.7 Å². The molecular formula is C13H16ClN3O2S. The van der Waals surface area contributed by atoms with Crippen molar-refractivity contribution in [2.24, 2.45) is 0 Å². The Kier molecular flexibility index (Phi) is 3.64. The molecule has 0 atom stereocenters. The molecule has 7 heteroatoms. The van der Waals surface area contributed by atoms with Gasteiger partial charge in [0.2, 0.25) is 0 Å². The van der Waals surface area contributed by atoms with Crippen molar-refractivity contribution < 1.29 is 8.42 Å². The monoisotopic (exact) mass is 313 g/mol. The van der Waals surface area contributed by atoms with Crippen molar-refractivity contribution in [1.29, 1.82) is 0 Å². The van der Waals surface area contributed by atoms with Gasteiger partial charge in [0.25, 0.3) is 9.05 Å². The Morgan fingerprint density at radius 3 is 2.05 bits per heavy atom. The highest BCUT2D eigenvalue weighted by molar-refractivity contribution is 8.13. The van der Waals surface area contributed by atoms with Crippen LogP contribution in [0, 0.1) is 34.6 Å². The zero-order valence-electron chi connectivity index (χ0n) is 12.0. The van der Waals surface area contributed by atoms with Crippen LogP contribution in [0.25, 0.3) is 5.69 Å². The lowest BCUT2D eigenvalue weighted by Crippen LogP contribution is -2.10. The predicted octanol–water partition coefficient (Wildman–Crippen LogP) is 2.74. The first-order valence-corrected chi connectivity index (χ1v) is 8.39. The predicted molar refractivity (Wildman–Crippen MR) is 78.1 cm³/mol. The Morgan fingerprint density at radius 2 is 1.60 bits per heavy atom. The van der Waals surface area contributed by atoms with Crippen LogP contribution in [0.1, 0.15) is 28.1 Å². The van der Waals surface area contributed by atoms with Crippen LogP contribution in [0.2, 0.25) is 0 Å². The van der Waals surface area contributed by atoms with Crippen LogP contribution in [0.4, 0.5) is 0 Å². The largest absolute Gasteiger partial charge is 0.261 e. The van der Waals surface area contributed by atoms with Crippen molar-refractivity contribution in [3.63, 3.8) is 0 Å². The minimum absolute atomic E-state index is 0.158. The molecule has 0 aliphatic carbocycles. The normalized spacial score (nSPS) is 11.9. The van der Waals surface area contributed by atoms with Crippen molar-refractivity contribution in [3.8, 4) is 5.69 Å². The molecule has 108 valence electrons. The number of aryl methyl sites for hydroxylation is 1. The van der Waals surface area contributed by atoms with Crippen LogP contribution < -0.4 is 0 Å². The molecule has 0 saturated carbocycles. The molecule has 2 aromatic rings. The molecular weight excluding hydrogens is 298 g/mol. The molecule has 0 fully saturated rings. The zero-order valence-corrected chi connectivity index (χ0v) is 13.6. The number of nitrogens with zero attached hydrogens (tertiary/aromatic N) is 3. The van der Waals surface area contributed by atoms with E-state index in [0.717, 1.165) is 11.1 Å². The smallest absolute Gasteiger partial charge is 0.220 e. The van der Waals surface area contributed by atoms with Crippen LogP contribution in [-0.4, -0.2) is 23.2 Å². The average molecular weight is 314 g/mol. The number of benzene rings is 1. The third-order valence-corrected chi connectivity index (χ3v) is 5.16. The molecule has 2 rings (SSSR count). The van der Waals surface area contributed by atoms with Gasteiger partial charge in [-0.1, -0.05) is 0 Å². The molecule has 0 aliphatic heterocycles. The summed E-state index contributed by atoms with van der Waals surface area (Å²) < 4.78 is 25.3. The van der Waals surface area contributed by atoms with E-state index in [2.05, 4.69) is 10.1 Å². The van der Waals surface area contributed by atoms with E-state index in [0.29, 0.717) is 22.6 Å². The number of aromatic nitrogens is 3. The summed E-state index contributed by atoms with van der Waals surface area (Å²) in [5.41, 5.74) is 3.83. The zero-order chi connectivity index (χ0) is 15.2. The van der Waals surface area contributed by atoms with Gasteiger partial charge in [-0.3, -0.25) is 0 Å². The highest BCUT2D eigenvalue weighted by atomic mass is 35.7. The SMILES string of the molecule is Cc1ncn(-c2c(C)c(C)c(C)c(S(=O)(=O)Cl)c2C)n1. The van der Waals surface area contributed by atoms with E-state index in [1.807, 2.05) is 13.8 Å². The van der Waals surface area contributed by atoms with E-state index in [-0.39, 0.29) is 4.90 Å². The Hall–Kier alpha value is -1.40. The Bertz CT molecular complexity index is 794. The molecule has 0 spiro atoms.